The molecule has 16 heavy (non-hydrogen) atoms. The summed E-state index contributed by atoms with van der Waals surface area (Å²) >= 11 is 0. The highest BCUT2D eigenvalue weighted by Gasteiger charge is 2.13. The molecule has 0 unspecified atom stereocenters. The Morgan fingerprint density at radius 2 is 2.00 bits per heavy atom. The van der Waals surface area contributed by atoms with Gasteiger partial charge in [0.05, 0.1) is 11.0 Å². The quantitative estimate of drug-likeness (QED) is 0.777. The topological polar surface area (TPSA) is 29.9 Å². The first kappa shape index (κ1) is 9.46. The molecule has 0 saturated carbocycles. The number of aryl methyl sites for hydroxylation is 1. The van der Waals surface area contributed by atoms with Gasteiger partial charge < -0.3 is 9.88 Å². The van der Waals surface area contributed by atoms with E-state index in [9.17, 15) is 0 Å². The summed E-state index contributed by atoms with van der Waals surface area (Å²) in [4.78, 5) is 4.60. The molecule has 1 aromatic carbocycles. The normalized spacial score (nSPS) is 16.1. The van der Waals surface area contributed by atoms with Crippen molar-refractivity contribution in [1.82, 2.24) is 9.55 Å². The molecule has 1 N–H and O–H groups in total. The minimum Gasteiger partial charge on any atom is -0.352 e. The molecular weight excluding hydrogens is 198 g/mol. The van der Waals surface area contributed by atoms with E-state index >= 15 is 0 Å². The van der Waals surface area contributed by atoms with Crippen LogP contribution in [0.2, 0.25) is 0 Å². The van der Waals surface area contributed by atoms with Crippen LogP contribution in [0.25, 0.3) is 11.0 Å². The maximum Gasteiger partial charge on any atom is 0.203 e. The van der Waals surface area contributed by atoms with Crippen molar-refractivity contribution < 1.29 is 0 Å². The van der Waals surface area contributed by atoms with E-state index in [0.29, 0.717) is 6.04 Å². The van der Waals surface area contributed by atoms with Crippen molar-refractivity contribution in [2.45, 2.75) is 18.9 Å². The zero-order valence-corrected chi connectivity index (χ0v) is 9.35. The van der Waals surface area contributed by atoms with Gasteiger partial charge in [-0.1, -0.05) is 24.3 Å². The lowest BCUT2D eigenvalue weighted by Crippen LogP contribution is -2.17. The van der Waals surface area contributed by atoms with Crippen molar-refractivity contribution in [3.63, 3.8) is 0 Å². The van der Waals surface area contributed by atoms with Crippen LogP contribution in [0, 0.1) is 0 Å². The molecule has 0 saturated heterocycles. The lowest BCUT2D eigenvalue weighted by atomic mass is 10.2. The summed E-state index contributed by atoms with van der Waals surface area (Å²) in [6.07, 6.45) is 6.65. The van der Waals surface area contributed by atoms with Gasteiger partial charge in [-0.05, 0) is 25.0 Å². The lowest BCUT2D eigenvalue weighted by molar-refractivity contribution is 0.761. The van der Waals surface area contributed by atoms with Crippen LogP contribution in [-0.2, 0) is 7.05 Å². The average molecular weight is 213 g/mol. The van der Waals surface area contributed by atoms with E-state index in [1.165, 1.54) is 5.52 Å². The molecule has 0 radical (unpaired) electrons. The van der Waals surface area contributed by atoms with Gasteiger partial charge in [-0.3, -0.25) is 0 Å². The Balaban J connectivity index is 1.94. The number of nitrogens with zero attached hydrogens (tertiary/aromatic N) is 2. The molecule has 0 amide bonds. The molecule has 3 nitrogen and oxygen atoms in total. The Hall–Kier alpha value is -1.77. The van der Waals surface area contributed by atoms with Crippen LogP contribution in [0.4, 0.5) is 5.95 Å². The molecule has 0 bridgehead atoms. The highest BCUT2D eigenvalue weighted by molar-refractivity contribution is 5.78. The van der Waals surface area contributed by atoms with Crippen LogP contribution in [-0.4, -0.2) is 15.6 Å². The highest BCUT2D eigenvalue weighted by Crippen LogP contribution is 2.20. The van der Waals surface area contributed by atoms with Crippen molar-refractivity contribution in [3.8, 4) is 0 Å². The Labute approximate surface area is 94.8 Å². The summed E-state index contributed by atoms with van der Waals surface area (Å²) < 4.78 is 2.12. The Morgan fingerprint density at radius 3 is 2.75 bits per heavy atom. The second-order valence-corrected chi connectivity index (χ2v) is 4.27. The fourth-order valence-corrected chi connectivity index (χ4v) is 2.19. The summed E-state index contributed by atoms with van der Waals surface area (Å²) in [6, 6.07) is 8.73. The fraction of sp³-hybridized carbons (Fsp3) is 0.308. The summed E-state index contributed by atoms with van der Waals surface area (Å²) in [6.45, 7) is 0. The zero-order valence-electron chi connectivity index (χ0n) is 9.35. The van der Waals surface area contributed by atoms with E-state index < -0.39 is 0 Å². The highest BCUT2D eigenvalue weighted by atomic mass is 15.2. The molecule has 0 fully saturated rings. The molecule has 0 aliphatic heterocycles. The Bertz CT molecular complexity index is 531. The third-order valence-electron chi connectivity index (χ3n) is 3.13. The van der Waals surface area contributed by atoms with E-state index in [1.807, 2.05) is 18.2 Å². The van der Waals surface area contributed by atoms with E-state index in [-0.39, 0.29) is 0 Å². The minimum atomic E-state index is 0.510. The number of benzene rings is 1. The molecule has 1 aliphatic carbocycles. The van der Waals surface area contributed by atoms with Crippen molar-refractivity contribution >= 4 is 17.0 Å². The summed E-state index contributed by atoms with van der Waals surface area (Å²) in [7, 11) is 2.06. The molecule has 82 valence electrons. The first-order valence-corrected chi connectivity index (χ1v) is 5.67. The first-order valence-electron chi connectivity index (χ1n) is 5.67. The SMILES string of the molecule is Cn1c(NC2CC=CC2)nc2ccccc21. The molecule has 1 aliphatic rings. The van der Waals surface area contributed by atoms with Gasteiger partial charge in [0, 0.05) is 13.1 Å². The molecule has 0 spiro atoms. The maximum atomic E-state index is 4.60. The first-order chi connectivity index (χ1) is 7.84. The van der Waals surface area contributed by atoms with Crippen LogP contribution in [0.15, 0.2) is 36.4 Å². The Kier molecular flexibility index (Phi) is 2.17. The van der Waals surface area contributed by atoms with Gasteiger partial charge in [0.15, 0.2) is 0 Å². The minimum absolute atomic E-state index is 0.510. The van der Waals surface area contributed by atoms with Crippen molar-refractivity contribution in [1.29, 1.82) is 0 Å². The Morgan fingerprint density at radius 1 is 1.25 bits per heavy atom. The number of para-hydroxylation sites is 2. The lowest BCUT2D eigenvalue weighted by Gasteiger charge is -2.12. The molecule has 1 heterocycles. The molecule has 2 aromatic rings. The monoisotopic (exact) mass is 213 g/mol. The van der Waals surface area contributed by atoms with Gasteiger partial charge in [0.2, 0.25) is 5.95 Å². The third kappa shape index (κ3) is 1.48. The van der Waals surface area contributed by atoms with Crippen LogP contribution < -0.4 is 5.32 Å². The van der Waals surface area contributed by atoms with Crippen molar-refractivity contribution in [3.05, 3.63) is 36.4 Å². The number of aromatic nitrogens is 2. The summed E-state index contributed by atoms with van der Waals surface area (Å²) in [5.41, 5.74) is 2.23. The number of rotatable bonds is 2. The van der Waals surface area contributed by atoms with Gasteiger partial charge in [-0.2, -0.15) is 0 Å². The second-order valence-electron chi connectivity index (χ2n) is 4.27. The number of imidazole rings is 1. The summed E-state index contributed by atoms with van der Waals surface area (Å²) in [5, 5.41) is 3.49. The molecule has 3 rings (SSSR count). The second kappa shape index (κ2) is 3.67. The van der Waals surface area contributed by atoms with Crippen LogP contribution in [0.3, 0.4) is 0 Å². The third-order valence-corrected chi connectivity index (χ3v) is 3.13. The van der Waals surface area contributed by atoms with E-state index in [0.717, 1.165) is 24.3 Å². The van der Waals surface area contributed by atoms with Crippen LogP contribution >= 0.6 is 0 Å². The molecule has 3 heteroatoms. The molecule has 0 atom stereocenters. The number of anilines is 1. The van der Waals surface area contributed by atoms with E-state index in [4.69, 9.17) is 0 Å². The van der Waals surface area contributed by atoms with E-state index in [1.54, 1.807) is 0 Å². The number of hydrogen-bond acceptors (Lipinski definition) is 2. The van der Waals surface area contributed by atoms with Crippen molar-refractivity contribution in [2.75, 3.05) is 5.32 Å². The van der Waals surface area contributed by atoms with Gasteiger partial charge in [0.25, 0.3) is 0 Å². The molecular formula is C13H15N3. The van der Waals surface area contributed by atoms with Gasteiger partial charge in [-0.15, -0.1) is 0 Å². The largest absolute Gasteiger partial charge is 0.352 e. The van der Waals surface area contributed by atoms with Gasteiger partial charge in [-0.25, -0.2) is 4.98 Å². The van der Waals surface area contributed by atoms with Crippen molar-refractivity contribution in [2.24, 2.45) is 7.05 Å². The summed E-state index contributed by atoms with van der Waals surface area (Å²) in [5.74, 6) is 0.968. The van der Waals surface area contributed by atoms with Gasteiger partial charge >= 0.3 is 0 Å². The fourth-order valence-electron chi connectivity index (χ4n) is 2.19. The number of nitrogens with one attached hydrogen (secondary N) is 1. The maximum absolute atomic E-state index is 4.60. The smallest absolute Gasteiger partial charge is 0.203 e. The molecule has 1 aromatic heterocycles. The number of hydrogen-bond donors (Lipinski definition) is 1. The van der Waals surface area contributed by atoms with Crippen LogP contribution in [0.5, 0.6) is 0 Å². The zero-order chi connectivity index (χ0) is 11.0. The standard InChI is InChI=1S/C13H15N3/c1-16-12-9-5-4-8-11(12)15-13(16)14-10-6-2-3-7-10/h2-5,8-10H,6-7H2,1H3,(H,14,15). The predicted molar refractivity (Wildman–Crippen MR) is 66.5 cm³/mol. The predicted octanol–water partition coefficient (Wildman–Crippen LogP) is 2.70. The van der Waals surface area contributed by atoms with E-state index in [2.05, 4.69) is 40.1 Å². The number of fused-ring (bicyclic) bond motifs is 1. The van der Waals surface area contributed by atoms with Gasteiger partial charge in [0.1, 0.15) is 0 Å². The van der Waals surface area contributed by atoms with Crippen LogP contribution in [0.1, 0.15) is 12.8 Å². The average Bonchev–Trinajstić information content (AvgIpc) is 2.90.